The van der Waals surface area contributed by atoms with Crippen LogP contribution >= 0.6 is 0 Å². The van der Waals surface area contributed by atoms with Gasteiger partial charge in [0.25, 0.3) is 0 Å². The summed E-state index contributed by atoms with van der Waals surface area (Å²) in [6.07, 6.45) is 4.39. The van der Waals surface area contributed by atoms with Crippen molar-refractivity contribution in [1.82, 2.24) is 0 Å². The predicted molar refractivity (Wildman–Crippen MR) is 111 cm³/mol. The number of benzene rings is 3. The van der Waals surface area contributed by atoms with Gasteiger partial charge in [0.2, 0.25) is 0 Å². The lowest BCUT2D eigenvalue weighted by Gasteiger charge is -2.15. The average molecular weight is 388 g/mol. The van der Waals surface area contributed by atoms with Gasteiger partial charge in [-0.15, -0.1) is 0 Å². The van der Waals surface area contributed by atoms with Crippen molar-refractivity contribution in [3.8, 4) is 0 Å². The smallest absolute Gasteiger partial charge is 0.337 e. The summed E-state index contributed by atoms with van der Waals surface area (Å²) in [5.41, 5.74) is 2.69. The Balaban J connectivity index is 1.88. The van der Waals surface area contributed by atoms with E-state index in [4.69, 9.17) is 4.74 Å². The number of rotatable bonds is 7. The van der Waals surface area contributed by atoms with E-state index in [9.17, 15) is 14.0 Å². The van der Waals surface area contributed by atoms with E-state index in [0.29, 0.717) is 17.5 Å². The van der Waals surface area contributed by atoms with E-state index in [1.807, 2.05) is 42.5 Å². The molecule has 3 aromatic rings. The standard InChI is InChI=1S/C25H21FO3/c1-29-25(28)21-12-10-19(11-13-21)23(9-5-8-18-6-3-2-4-7-18)24(27)20-14-16-22(26)17-15-20/h2-8,10-17,23H,9H2,1H3/b8-5+. The largest absolute Gasteiger partial charge is 0.465 e. The van der Waals surface area contributed by atoms with Crippen LogP contribution in [-0.2, 0) is 4.74 Å². The minimum absolute atomic E-state index is 0.103. The van der Waals surface area contributed by atoms with Crippen LogP contribution in [0.1, 0.15) is 44.2 Å². The average Bonchev–Trinajstić information content (AvgIpc) is 2.77. The van der Waals surface area contributed by atoms with Crippen molar-refractivity contribution in [3.05, 3.63) is 113 Å². The fourth-order valence-corrected chi connectivity index (χ4v) is 3.08. The third kappa shape index (κ3) is 5.26. The first-order valence-electron chi connectivity index (χ1n) is 9.28. The second-order valence-corrected chi connectivity index (χ2v) is 6.59. The highest BCUT2D eigenvalue weighted by Crippen LogP contribution is 2.26. The molecule has 3 nitrogen and oxygen atoms in total. The number of ketones is 1. The molecule has 0 fully saturated rings. The van der Waals surface area contributed by atoms with Crippen molar-refractivity contribution in [1.29, 1.82) is 0 Å². The maximum absolute atomic E-state index is 13.3. The molecule has 0 saturated carbocycles. The molecule has 29 heavy (non-hydrogen) atoms. The number of allylic oxidation sites excluding steroid dienone is 1. The molecule has 0 heterocycles. The molecule has 3 rings (SSSR count). The highest BCUT2D eigenvalue weighted by atomic mass is 19.1. The monoisotopic (exact) mass is 388 g/mol. The molecule has 0 N–H and O–H groups in total. The summed E-state index contributed by atoms with van der Waals surface area (Å²) < 4.78 is 18.0. The first kappa shape index (κ1) is 20.2. The molecular formula is C25H21FO3. The lowest BCUT2D eigenvalue weighted by molar-refractivity contribution is 0.0600. The first-order chi connectivity index (χ1) is 14.1. The minimum atomic E-state index is -0.452. The molecule has 0 aromatic heterocycles. The van der Waals surface area contributed by atoms with Crippen LogP contribution in [0, 0.1) is 5.82 Å². The van der Waals surface area contributed by atoms with Gasteiger partial charge in [0.05, 0.1) is 18.6 Å². The number of hydrogen-bond donors (Lipinski definition) is 0. The van der Waals surface area contributed by atoms with Gasteiger partial charge in [-0.2, -0.15) is 0 Å². The zero-order valence-electron chi connectivity index (χ0n) is 16.0. The number of Topliss-reactive ketones (excluding diaryl/α,β-unsaturated/α-hetero) is 1. The van der Waals surface area contributed by atoms with Crippen LogP contribution in [0.3, 0.4) is 0 Å². The quantitative estimate of drug-likeness (QED) is 0.386. The Labute approximate surface area is 169 Å². The van der Waals surface area contributed by atoms with Crippen molar-refractivity contribution in [3.63, 3.8) is 0 Å². The maximum Gasteiger partial charge on any atom is 0.337 e. The molecule has 0 saturated heterocycles. The third-order valence-corrected chi connectivity index (χ3v) is 4.66. The lowest BCUT2D eigenvalue weighted by Crippen LogP contribution is -2.13. The van der Waals surface area contributed by atoms with Gasteiger partial charge in [0.15, 0.2) is 5.78 Å². The van der Waals surface area contributed by atoms with Crippen LogP contribution in [0.4, 0.5) is 4.39 Å². The first-order valence-corrected chi connectivity index (χ1v) is 9.28. The third-order valence-electron chi connectivity index (χ3n) is 4.66. The second kappa shape index (κ2) is 9.60. The summed E-state index contributed by atoms with van der Waals surface area (Å²) in [7, 11) is 1.32. The zero-order chi connectivity index (χ0) is 20.6. The summed E-state index contributed by atoms with van der Waals surface area (Å²) in [6.45, 7) is 0. The molecule has 3 aromatic carbocycles. The summed E-state index contributed by atoms with van der Waals surface area (Å²) in [5.74, 6) is -1.37. The van der Waals surface area contributed by atoms with E-state index in [-0.39, 0.29) is 11.6 Å². The second-order valence-electron chi connectivity index (χ2n) is 6.59. The van der Waals surface area contributed by atoms with Gasteiger partial charge in [0.1, 0.15) is 5.82 Å². The Morgan fingerprint density at radius 1 is 0.897 bits per heavy atom. The molecule has 0 aliphatic rings. The number of halogens is 1. The molecule has 146 valence electrons. The van der Waals surface area contributed by atoms with Crippen molar-refractivity contribution < 1.29 is 18.7 Å². The topological polar surface area (TPSA) is 43.4 Å². The number of ether oxygens (including phenoxy) is 1. The molecule has 0 bridgehead atoms. The number of carbonyl (C=O) groups excluding carboxylic acids is 2. The maximum atomic E-state index is 13.3. The summed E-state index contributed by atoms with van der Waals surface area (Å²) >= 11 is 0. The van der Waals surface area contributed by atoms with E-state index in [2.05, 4.69) is 0 Å². The Morgan fingerprint density at radius 3 is 2.14 bits per heavy atom. The zero-order valence-corrected chi connectivity index (χ0v) is 16.0. The Hall–Kier alpha value is -3.53. The van der Waals surface area contributed by atoms with Gasteiger partial charge in [-0.3, -0.25) is 4.79 Å². The minimum Gasteiger partial charge on any atom is -0.465 e. The van der Waals surface area contributed by atoms with Gasteiger partial charge < -0.3 is 4.74 Å². The molecule has 0 aliphatic heterocycles. The Kier molecular flexibility index (Phi) is 6.69. The summed E-state index contributed by atoms with van der Waals surface area (Å²) in [5, 5.41) is 0. The SMILES string of the molecule is COC(=O)c1ccc(C(C/C=C/c2ccccc2)C(=O)c2ccc(F)cc2)cc1. The van der Waals surface area contributed by atoms with Crippen molar-refractivity contribution in [2.24, 2.45) is 0 Å². The number of methoxy groups -OCH3 is 1. The van der Waals surface area contributed by atoms with Gasteiger partial charge >= 0.3 is 5.97 Å². The van der Waals surface area contributed by atoms with Crippen molar-refractivity contribution >= 4 is 17.8 Å². The molecular weight excluding hydrogens is 367 g/mol. The Bertz CT molecular complexity index is 991. The van der Waals surface area contributed by atoms with Crippen LogP contribution in [0.5, 0.6) is 0 Å². The Morgan fingerprint density at radius 2 is 1.52 bits per heavy atom. The summed E-state index contributed by atoms with van der Waals surface area (Å²) in [6, 6.07) is 22.2. The van der Waals surface area contributed by atoms with E-state index in [1.54, 1.807) is 24.3 Å². The lowest BCUT2D eigenvalue weighted by atomic mass is 9.87. The van der Waals surface area contributed by atoms with Crippen LogP contribution in [0.15, 0.2) is 84.9 Å². The van der Waals surface area contributed by atoms with E-state index >= 15 is 0 Å². The van der Waals surface area contributed by atoms with E-state index < -0.39 is 11.9 Å². The van der Waals surface area contributed by atoms with Crippen LogP contribution in [-0.4, -0.2) is 18.9 Å². The van der Waals surface area contributed by atoms with Crippen molar-refractivity contribution in [2.75, 3.05) is 7.11 Å². The number of hydrogen-bond acceptors (Lipinski definition) is 3. The number of carbonyl (C=O) groups is 2. The van der Waals surface area contributed by atoms with Gasteiger partial charge in [0, 0.05) is 5.56 Å². The van der Waals surface area contributed by atoms with E-state index in [1.165, 1.54) is 31.4 Å². The fourth-order valence-electron chi connectivity index (χ4n) is 3.08. The molecule has 0 spiro atoms. The van der Waals surface area contributed by atoms with E-state index in [0.717, 1.165) is 11.1 Å². The van der Waals surface area contributed by atoms with Gasteiger partial charge in [-0.1, -0.05) is 54.6 Å². The molecule has 0 radical (unpaired) electrons. The molecule has 0 aliphatic carbocycles. The molecule has 1 unspecified atom stereocenters. The normalized spacial score (nSPS) is 11.9. The molecule has 1 atom stereocenters. The molecule has 0 amide bonds. The van der Waals surface area contributed by atoms with Gasteiger partial charge in [-0.05, 0) is 53.9 Å². The highest BCUT2D eigenvalue weighted by molar-refractivity contribution is 6.01. The fraction of sp³-hybridized carbons (Fsp3) is 0.120. The van der Waals surface area contributed by atoms with Crippen molar-refractivity contribution in [2.45, 2.75) is 12.3 Å². The van der Waals surface area contributed by atoms with Crippen LogP contribution < -0.4 is 0 Å². The van der Waals surface area contributed by atoms with Crippen LogP contribution in [0.2, 0.25) is 0 Å². The highest BCUT2D eigenvalue weighted by Gasteiger charge is 2.21. The van der Waals surface area contributed by atoms with Gasteiger partial charge in [-0.25, -0.2) is 9.18 Å². The summed E-state index contributed by atoms with van der Waals surface area (Å²) in [4.78, 5) is 24.8. The predicted octanol–water partition coefficient (Wildman–Crippen LogP) is 5.68. The molecule has 4 heteroatoms. The van der Waals surface area contributed by atoms with Crippen LogP contribution in [0.25, 0.3) is 6.08 Å². The number of esters is 1.